The highest BCUT2D eigenvalue weighted by atomic mass is 35.5. The third-order valence-electron chi connectivity index (χ3n) is 4.24. The van der Waals surface area contributed by atoms with Gasteiger partial charge in [0.2, 0.25) is 0 Å². The Labute approximate surface area is 144 Å². The first-order valence-corrected chi connectivity index (χ1v) is 8.78. The first kappa shape index (κ1) is 18.1. The zero-order chi connectivity index (χ0) is 16.8. The quantitative estimate of drug-likeness (QED) is 0.775. The van der Waals surface area contributed by atoms with Crippen LogP contribution in [0, 0.1) is 13.8 Å². The highest BCUT2D eigenvalue weighted by Gasteiger charge is 2.16. The van der Waals surface area contributed by atoms with Crippen LogP contribution in [0.5, 0.6) is 5.75 Å². The second-order valence-corrected chi connectivity index (χ2v) is 6.70. The van der Waals surface area contributed by atoms with Crippen molar-refractivity contribution in [2.75, 3.05) is 26.2 Å². The molecule has 1 N–H and O–H groups in total. The summed E-state index contributed by atoms with van der Waals surface area (Å²) >= 11 is 6.15. The number of halogens is 1. The summed E-state index contributed by atoms with van der Waals surface area (Å²) in [6.07, 6.45) is 3.08. The van der Waals surface area contributed by atoms with Gasteiger partial charge in [-0.15, -0.1) is 0 Å². The predicted molar refractivity (Wildman–Crippen MR) is 94.3 cm³/mol. The summed E-state index contributed by atoms with van der Waals surface area (Å²) in [6, 6.07) is 3.74. The molecular weight excluding hydrogens is 312 g/mol. The molecule has 1 aromatic carbocycles. The number of ether oxygens (including phenoxy) is 1. The number of nitrogens with zero attached hydrogens (tertiary/aromatic N) is 1. The molecule has 5 heteroatoms. The van der Waals surface area contributed by atoms with E-state index in [9.17, 15) is 4.79 Å². The van der Waals surface area contributed by atoms with E-state index >= 15 is 0 Å². The van der Waals surface area contributed by atoms with Gasteiger partial charge in [0, 0.05) is 11.6 Å². The molecular formula is C18H27ClN2O2. The van der Waals surface area contributed by atoms with E-state index in [0.29, 0.717) is 12.3 Å². The van der Waals surface area contributed by atoms with Gasteiger partial charge < -0.3 is 15.0 Å². The first-order valence-electron chi connectivity index (χ1n) is 8.41. The van der Waals surface area contributed by atoms with Crippen LogP contribution in [0.25, 0.3) is 0 Å². The average molecular weight is 339 g/mol. The predicted octanol–water partition coefficient (Wildman–Crippen LogP) is 3.33. The summed E-state index contributed by atoms with van der Waals surface area (Å²) in [4.78, 5) is 14.6. The van der Waals surface area contributed by atoms with Crippen LogP contribution in [0.1, 0.15) is 37.3 Å². The number of aryl methyl sites for hydroxylation is 2. The normalized spacial score (nSPS) is 16.3. The zero-order valence-electron chi connectivity index (χ0n) is 14.3. The van der Waals surface area contributed by atoms with E-state index in [1.807, 2.05) is 26.0 Å². The van der Waals surface area contributed by atoms with Crippen molar-refractivity contribution in [2.24, 2.45) is 0 Å². The Morgan fingerprint density at radius 2 is 1.91 bits per heavy atom. The molecule has 1 saturated heterocycles. The lowest BCUT2D eigenvalue weighted by Crippen LogP contribution is -2.37. The topological polar surface area (TPSA) is 41.6 Å². The third kappa shape index (κ3) is 5.40. The molecule has 2 rings (SSSR count). The smallest absolute Gasteiger partial charge is 0.260 e. The maximum absolute atomic E-state index is 12.1. The Kier molecular flexibility index (Phi) is 6.72. The molecule has 0 bridgehead atoms. The Hall–Kier alpha value is -1.26. The van der Waals surface area contributed by atoms with Gasteiger partial charge >= 0.3 is 0 Å². The Morgan fingerprint density at radius 3 is 2.52 bits per heavy atom. The lowest BCUT2D eigenvalue weighted by molar-refractivity contribution is -0.127. The highest BCUT2D eigenvalue weighted by molar-refractivity contribution is 6.32. The van der Waals surface area contributed by atoms with Crippen LogP contribution in [0.15, 0.2) is 12.1 Å². The fourth-order valence-electron chi connectivity index (χ4n) is 2.90. The van der Waals surface area contributed by atoms with Crippen LogP contribution in [0.2, 0.25) is 5.02 Å². The second-order valence-electron chi connectivity index (χ2n) is 6.32. The van der Waals surface area contributed by atoms with E-state index in [4.69, 9.17) is 16.3 Å². The van der Waals surface area contributed by atoms with Crippen molar-refractivity contribution < 1.29 is 9.53 Å². The second kappa shape index (κ2) is 8.55. The van der Waals surface area contributed by atoms with Crippen molar-refractivity contribution in [2.45, 2.75) is 46.1 Å². The molecule has 0 spiro atoms. The van der Waals surface area contributed by atoms with Gasteiger partial charge in [0.1, 0.15) is 5.75 Å². The molecule has 128 valence electrons. The van der Waals surface area contributed by atoms with E-state index in [0.717, 1.165) is 29.1 Å². The van der Waals surface area contributed by atoms with Gasteiger partial charge in [-0.05, 0) is 82.9 Å². The maximum Gasteiger partial charge on any atom is 0.260 e. The van der Waals surface area contributed by atoms with E-state index in [1.54, 1.807) is 6.92 Å². The van der Waals surface area contributed by atoms with Gasteiger partial charge in [-0.2, -0.15) is 0 Å². The van der Waals surface area contributed by atoms with Crippen LogP contribution in [-0.4, -0.2) is 43.1 Å². The van der Waals surface area contributed by atoms with Crippen molar-refractivity contribution in [3.05, 3.63) is 28.3 Å². The lowest BCUT2D eigenvalue weighted by atomic mass is 10.1. The molecule has 0 aromatic heterocycles. The molecule has 0 saturated carbocycles. The number of benzene rings is 1. The number of carbonyl (C=O) groups excluding carboxylic acids is 1. The van der Waals surface area contributed by atoms with Gasteiger partial charge in [-0.1, -0.05) is 11.6 Å². The number of carbonyl (C=O) groups is 1. The number of likely N-dealkylation sites (tertiary alicyclic amines) is 1. The lowest BCUT2D eigenvalue weighted by Gasteiger charge is -2.17. The average Bonchev–Trinajstić information content (AvgIpc) is 3.02. The van der Waals surface area contributed by atoms with Crippen LogP contribution in [-0.2, 0) is 4.79 Å². The van der Waals surface area contributed by atoms with Gasteiger partial charge in [0.05, 0.1) is 0 Å². The molecule has 1 aromatic rings. The van der Waals surface area contributed by atoms with Crippen molar-refractivity contribution >= 4 is 17.5 Å². The zero-order valence-corrected chi connectivity index (χ0v) is 15.1. The minimum absolute atomic E-state index is 0.0725. The molecule has 1 heterocycles. The summed E-state index contributed by atoms with van der Waals surface area (Å²) in [7, 11) is 0. The minimum Gasteiger partial charge on any atom is -0.481 e. The minimum atomic E-state index is -0.512. The Balaban J connectivity index is 1.73. The van der Waals surface area contributed by atoms with Gasteiger partial charge in [-0.25, -0.2) is 0 Å². The van der Waals surface area contributed by atoms with Gasteiger partial charge in [-0.3, -0.25) is 4.79 Å². The van der Waals surface area contributed by atoms with Gasteiger partial charge in [0.25, 0.3) is 5.91 Å². The number of hydrogen-bond acceptors (Lipinski definition) is 3. The van der Waals surface area contributed by atoms with E-state index in [1.165, 1.54) is 25.9 Å². The molecule has 1 aliphatic rings. The fraction of sp³-hybridized carbons (Fsp3) is 0.611. The SMILES string of the molecule is Cc1cc(O[C@H](C)C(=O)NCCCN2CCCC2)cc(C)c1Cl. The monoisotopic (exact) mass is 338 g/mol. The summed E-state index contributed by atoms with van der Waals surface area (Å²) in [5, 5.41) is 3.70. The van der Waals surface area contributed by atoms with Crippen LogP contribution in [0.3, 0.4) is 0 Å². The highest BCUT2D eigenvalue weighted by Crippen LogP contribution is 2.26. The largest absolute Gasteiger partial charge is 0.481 e. The van der Waals surface area contributed by atoms with Crippen molar-refractivity contribution in [3.63, 3.8) is 0 Å². The molecule has 0 unspecified atom stereocenters. The summed E-state index contributed by atoms with van der Waals surface area (Å²) < 4.78 is 5.74. The Bertz CT molecular complexity index is 519. The molecule has 1 fully saturated rings. The molecule has 1 aliphatic heterocycles. The van der Waals surface area contributed by atoms with Crippen LogP contribution in [0.4, 0.5) is 0 Å². The number of rotatable bonds is 7. The molecule has 4 nitrogen and oxygen atoms in total. The number of nitrogens with one attached hydrogen (secondary N) is 1. The molecule has 1 atom stereocenters. The first-order chi connectivity index (χ1) is 11.0. The third-order valence-corrected chi connectivity index (χ3v) is 4.84. The van der Waals surface area contributed by atoms with Crippen LogP contribution >= 0.6 is 11.6 Å². The fourth-order valence-corrected chi connectivity index (χ4v) is 3.01. The number of amides is 1. The maximum atomic E-state index is 12.1. The molecule has 1 amide bonds. The van der Waals surface area contributed by atoms with E-state index in [2.05, 4.69) is 10.2 Å². The van der Waals surface area contributed by atoms with E-state index in [-0.39, 0.29) is 5.91 Å². The van der Waals surface area contributed by atoms with Crippen LogP contribution < -0.4 is 10.1 Å². The standard InChI is InChI=1S/C18H27ClN2O2/c1-13-11-16(12-14(2)17(13)19)23-15(3)18(22)20-7-6-10-21-8-4-5-9-21/h11-12,15H,4-10H2,1-3H3,(H,20,22)/t15-/m1/s1. The summed E-state index contributed by atoms with van der Waals surface area (Å²) in [5.41, 5.74) is 1.92. The van der Waals surface area contributed by atoms with Gasteiger partial charge in [0.15, 0.2) is 6.10 Å². The van der Waals surface area contributed by atoms with E-state index < -0.39 is 6.10 Å². The van der Waals surface area contributed by atoms with Crippen molar-refractivity contribution in [3.8, 4) is 5.75 Å². The molecule has 23 heavy (non-hydrogen) atoms. The van der Waals surface area contributed by atoms with Crippen molar-refractivity contribution in [1.29, 1.82) is 0 Å². The molecule has 0 radical (unpaired) electrons. The number of hydrogen-bond donors (Lipinski definition) is 1. The van der Waals surface area contributed by atoms with Crippen molar-refractivity contribution in [1.82, 2.24) is 10.2 Å². The molecule has 0 aliphatic carbocycles. The summed E-state index contributed by atoms with van der Waals surface area (Å²) in [5.74, 6) is 0.612. The Morgan fingerprint density at radius 1 is 1.30 bits per heavy atom. The summed E-state index contributed by atoms with van der Waals surface area (Å²) in [6.45, 7) is 9.80.